The number of hydrogen-bond acceptors (Lipinski definition) is 5. The summed E-state index contributed by atoms with van der Waals surface area (Å²) in [6.07, 6.45) is 20.6. The number of unbranched alkanes of at least 4 members (excludes halogenated alkanes) is 11. The van der Waals surface area contributed by atoms with Gasteiger partial charge < -0.3 is 25.3 Å². The zero-order valence-electron chi connectivity index (χ0n) is 21.0. The molecule has 0 radical (unpaired) electrons. The summed E-state index contributed by atoms with van der Waals surface area (Å²) in [5.74, 6) is -2.02. The molecule has 4 N–H and O–H groups in total. The number of carbonyl (C=O) groups excluding carboxylic acids is 1. The number of allylic oxidation sites excluding steroid dienone is 2. The van der Waals surface area contributed by atoms with Crippen LogP contribution in [0.4, 0.5) is 0 Å². The van der Waals surface area contributed by atoms with Gasteiger partial charge in [0.25, 0.3) is 0 Å². The van der Waals surface area contributed by atoms with Gasteiger partial charge in [0.15, 0.2) is 0 Å². The lowest BCUT2D eigenvalue weighted by atomic mass is 10.1. The third-order valence-electron chi connectivity index (χ3n) is 5.88. The lowest BCUT2D eigenvalue weighted by Crippen LogP contribution is -2.43. The number of hydrogen-bond donors (Lipinski definition) is 4. The molecule has 1 aliphatic heterocycles. The summed E-state index contributed by atoms with van der Waals surface area (Å²) >= 11 is 0. The number of likely N-dealkylation sites (tertiary alicyclic amines) is 1. The number of aliphatic hydroxyl groups is 2. The molecule has 1 heterocycles. The molecule has 1 unspecified atom stereocenters. The number of rotatable bonds is 19. The number of nitrogens with zero attached hydrogens (tertiary/aromatic N) is 1. The lowest BCUT2D eigenvalue weighted by Gasteiger charge is -2.23. The SMILES string of the molecule is CCCCCCCC/C=C\CCCCCCCC(=O)O.O=C(O)[C@@H]1CCC(=O)N1CC(O)CO. The van der Waals surface area contributed by atoms with Gasteiger partial charge in [0.2, 0.25) is 5.91 Å². The molecule has 0 aromatic carbocycles. The van der Waals surface area contributed by atoms with E-state index < -0.39 is 30.7 Å². The number of aliphatic carboxylic acids is 2. The molecule has 1 rings (SSSR count). The normalized spacial score (nSPS) is 16.5. The van der Waals surface area contributed by atoms with E-state index in [1.807, 2.05) is 0 Å². The number of β-amino-alcohol motifs (C(OH)–C–C–N with tert-alkyl or cyclic N) is 1. The lowest BCUT2D eigenvalue weighted by molar-refractivity contribution is -0.147. The van der Waals surface area contributed by atoms with Crippen LogP contribution < -0.4 is 0 Å². The van der Waals surface area contributed by atoms with Crippen molar-refractivity contribution in [3.63, 3.8) is 0 Å². The van der Waals surface area contributed by atoms with Crippen molar-refractivity contribution >= 4 is 17.8 Å². The highest BCUT2D eigenvalue weighted by Crippen LogP contribution is 2.19. The third-order valence-corrected chi connectivity index (χ3v) is 5.88. The Morgan fingerprint density at radius 1 is 0.941 bits per heavy atom. The molecule has 0 aromatic heterocycles. The number of aliphatic hydroxyl groups excluding tert-OH is 2. The number of carboxylic acids is 2. The average Bonchev–Trinajstić information content (AvgIpc) is 3.16. The maximum atomic E-state index is 11.2. The summed E-state index contributed by atoms with van der Waals surface area (Å²) in [6.45, 7) is 1.66. The van der Waals surface area contributed by atoms with E-state index in [1.165, 1.54) is 70.6 Å². The second-order valence-corrected chi connectivity index (χ2v) is 9.00. The Hall–Kier alpha value is -1.93. The Balaban J connectivity index is 0.000000679. The first-order valence-electron chi connectivity index (χ1n) is 13.0. The molecule has 8 nitrogen and oxygen atoms in total. The molecule has 1 aliphatic rings. The molecule has 198 valence electrons. The van der Waals surface area contributed by atoms with Crippen molar-refractivity contribution in [1.29, 1.82) is 0 Å². The van der Waals surface area contributed by atoms with E-state index >= 15 is 0 Å². The highest BCUT2D eigenvalue weighted by Gasteiger charge is 2.36. The molecule has 8 heteroatoms. The van der Waals surface area contributed by atoms with E-state index in [-0.39, 0.29) is 25.3 Å². The summed E-state index contributed by atoms with van der Waals surface area (Å²) in [4.78, 5) is 33.3. The van der Waals surface area contributed by atoms with Crippen molar-refractivity contribution in [1.82, 2.24) is 4.90 Å². The number of carbonyl (C=O) groups is 3. The zero-order valence-corrected chi connectivity index (χ0v) is 21.0. The molecular weight excluding hydrogens is 438 g/mol. The summed E-state index contributed by atoms with van der Waals surface area (Å²) in [5, 5.41) is 34.9. The first-order chi connectivity index (χ1) is 16.3. The molecule has 1 fully saturated rings. The van der Waals surface area contributed by atoms with Gasteiger partial charge in [-0.2, -0.15) is 0 Å². The molecule has 34 heavy (non-hydrogen) atoms. The standard InChI is InChI=1S/C18H34O2.C8H13NO5/c1-2-3-4-5-6-7-8-9-10-11-12-13-14-15-16-17-18(19)20;10-4-5(11)3-9-6(8(13)14)1-2-7(9)12/h9-10H,2-8,11-17H2,1H3,(H,19,20);5-6,10-11H,1-4H2,(H,13,14)/b10-9-;/t;5?,6-/m.0/s1. The zero-order chi connectivity index (χ0) is 25.6. The van der Waals surface area contributed by atoms with Crippen LogP contribution in [-0.4, -0.2) is 68.5 Å². The van der Waals surface area contributed by atoms with Crippen LogP contribution in [0.5, 0.6) is 0 Å². The van der Waals surface area contributed by atoms with Crippen molar-refractivity contribution < 1.29 is 34.8 Å². The fourth-order valence-corrected chi connectivity index (χ4v) is 3.85. The van der Waals surface area contributed by atoms with Gasteiger partial charge in [0, 0.05) is 19.4 Å². The molecule has 0 aliphatic carbocycles. The van der Waals surface area contributed by atoms with E-state index in [0.717, 1.165) is 17.7 Å². The number of carboxylic acid groups (broad SMARTS) is 2. The minimum absolute atomic E-state index is 0.119. The van der Waals surface area contributed by atoms with Gasteiger partial charge in [-0.05, 0) is 38.5 Å². The maximum absolute atomic E-state index is 11.2. The van der Waals surface area contributed by atoms with Gasteiger partial charge in [-0.1, -0.05) is 70.4 Å². The minimum Gasteiger partial charge on any atom is -0.481 e. The topological polar surface area (TPSA) is 135 Å². The van der Waals surface area contributed by atoms with Crippen LogP contribution in [-0.2, 0) is 14.4 Å². The maximum Gasteiger partial charge on any atom is 0.326 e. The number of amides is 1. The Labute approximate surface area is 205 Å². The van der Waals surface area contributed by atoms with Crippen LogP contribution in [0.25, 0.3) is 0 Å². The van der Waals surface area contributed by atoms with Crippen molar-refractivity contribution in [2.24, 2.45) is 0 Å². The van der Waals surface area contributed by atoms with E-state index in [9.17, 15) is 14.4 Å². The Bertz CT molecular complexity index is 579. The second-order valence-electron chi connectivity index (χ2n) is 9.00. The highest BCUT2D eigenvalue weighted by atomic mass is 16.4. The predicted molar refractivity (Wildman–Crippen MR) is 133 cm³/mol. The molecule has 1 saturated heterocycles. The monoisotopic (exact) mass is 485 g/mol. The van der Waals surface area contributed by atoms with Crippen LogP contribution in [0.3, 0.4) is 0 Å². The van der Waals surface area contributed by atoms with Gasteiger partial charge in [-0.3, -0.25) is 9.59 Å². The predicted octanol–water partition coefficient (Wildman–Crippen LogP) is 4.52. The quantitative estimate of drug-likeness (QED) is 0.156. The van der Waals surface area contributed by atoms with Gasteiger partial charge in [0.05, 0.1) is 12.7 Å². The fraction of sp³-hybridized carbons (Fsp3) is 0.808. The van der Waals surface area contributed by atoms with Crippen LogP contribution in [0.1, 0.15) is 110 Å². The van der Waals surface area contributed by atoms with Crippen molar-refractivity contribution in [3.8, 4) is 0 Å². The van der Waals surface area contributed by atoms with Crippen LogP contribution >= 0.6 is 0 Å². The third kappa shape index (κ3) is 17.5. The van der Waals surface area contributed by atoms with Gasteiger partial charge in [-0.25, -0.2) is 4.79 Å². The molecule has 0 spiro atoms. The Morgan fingerprint density at radius 3 is 1.97 bits per heavy atom. The smallest absolute Gasteiger partial charge is 0.326 e. The largest absolute Gasteiger partial charge is 0.481 e. The molecule has 1 amide bonds. The molecule has 0 saturated carbocycles. The summed E-state index contributed by atoms with van der Waals surface area (Å²) in [7, 11) is 0. The minimum atomic E-state index is -1.07. The average molecular weight is 486 g/mol. The van der Waals surface area contributed by atoms with Gasteiger partial charge >= 0.3 is 11.9 Å². The Morgan fingerprint density at radius 2 is 1.47 bits per heavy atom. The molecule has 0 aromatic rings. The highest BCUT2D eigenvalue weighted by molar-refractivity contribution is 5.87. The molecular formula is C26H47NO7. The summed E-state index contributed by atoms with van der Waals surface area (Å²) < 4.78 is 0. The van der Waals surface area contributed by atoms with E-state index in [1.54, 1.807) is 0 Å². The van der Waals surface area contributed by atoms with E-state index in [0.29, 0.717) is 6.42 Å². The first-order valence-corrected chi connectivity index (χ1v) is 13.0. The molecule has 2 atom stereocenters. The van der Waals surface area contributed by atoms with E-state index in [2.05, 4.69) is 19.1 Å². The van der Waals surface area contributed by atoms with Crippen LogP contribution in [0, 0.1) is 0 Å². The van der Waals surface area contributed by atoms with Crippen LogP contribution in [0.15, 0.2) is 12.2 Å². The Kier molecular flexibility index (Phi) is 20.4. The van der Waals surface area contributed by atoms with Crippen molar-refractivity contribution in [3.05, 3.63) is 12.2 Å². The summed E-state index contributed by atoms with van der Waals surface area (Å²) in [5.41, 5.74) is 0. The second kappa shape index (κ2) is 21.6. The molecule has 0 bridgehead atoms. The van der Waals surface area contributed by atoms with Crippen molar-refractivity contribution in [2.75, 3.05) is 13.2 Å². The van der Waals surface area contributed by atoms with Crippen LogP contribution in [0.2, 0.25) is 0 Å². The fourth-order valence-electron chi connectivity index (χ4n) is 3.85. The van der Waals surface area contributed by atoms with Gasteiger partial charge in [0.1, 0.15) is 6.04 Å². The van der Waals surface area contributed by atoms with E-state index in [4.69, 9.17) is 20.4 Å². The van der Waals surface area contributed by atoms with Gasteiger partial charge in [-0.15, -0.1) is 0 Å². The summed E-state index contributed by atoms with van der Waals surface area (Å²) in [6, 6.07) is -0.858. The van der Waals surface area contributed by atoms with Crippen molar-refractivity contribution in [2.45, 2.75) is 122 Å². The first kappa shape index (κ1) is 32.1.